The molecule has 2 aliphatic rings. The third-order valence-electron chi connectivity index (χ3n) is 4.44. The third kappa shape index (κ3) is 3.19. The van der Waals surface area contributed by atoms with Crippen LogP contribution in [0, 0.1) is 0 Å². The molecule has 0 atom stereocenters. The van der Waals surface area contributed by atoms with Crippen LogP contribution in [-0.4, -0.2) is 42.5 Å². The minimum atomic E-state index is -3.96. The molecule has 1 fully saturated rings. The van der Waals surface area contributed by atoms with Gasteiger partial charge in [0.15, 0.2) is 10.1 Å². The van der Waals surface area contributed by atoms with E-state index in [0.29, 0.717) is 28.1 Å². The summed E-state index contributed by atoms with van der Waals surface area (Å²) in [6.45, 7) is 0. The predicted molar refractivity (Wildman–Crippen MR) is 103 cm³/mol. The number of Topliss-reactive ketones (excluding diaryl/α,β-unsaturated/α-hetero) is 1. The number of hydrogen-bond acceptors (Lipinski definition) is 8. The molecule has 0 saturated heterocycles. The van der Waals surface area contributed by atoms with Gasteiger partial charge in [-0.15, -0.1) is 0 Å². The normalized spacial score (nSPS) is 19.9. The van der Waals surface area contributed by atoms with E-state index in [1.807, 2.05) is 6.26 Å². The number of rotatable bonds is 4. The Morgan fingerprint density at radius 3 is 2.67 bits per heavy atom. The van der Waals surface area contributed by atoms with Gasteiger partial charge in [-0.3, -0.25) is 9.10 Å². The maximum Gasteiger partial charge on any atom is 0.269 e. The summed E-state index contributed by atoms with van der Waals surface area (Å²) in [6, 6.07) is 6.61. The molecule has 0 bridgehead atoms. The second-order valence-electron chi connectivity index (χ2n) is 6.25. The van der Waals surface area contributed by atoms with Crippen LogP contribution in [0.25, 0.3) is 0 Å². The zero-order chi connectivity index (χ0) is 19.2. The number of ketones is 1. The number of benzene rings is 1. The molecular formula is C17H17N5O3S2. The van der Waals surface area contributed by atoms with Gasteiger partial charge < -0.3 is 5.32 Å². The van der Waals surface area contributed by atoms with Crippen LogP contribution in [0.5, 0.6) is 0 Å². The van der Waals surface area contributed by atoms with Crippen LogP contribution in [0.1, 0.15) is 34.9 Å². The van der Waals surface area contributed by atoms with E-state index in [0.717, 1.165) is 17.1 Å². The first-order chi connectivity index (χ1) is 12.9. The lowest BCUT2D eigenvalue weighted by molar-refractivity contribution is 0.104. The van der Waals surface area contributed by atoms with Crippen LogP contribution >= 0.6 is 11.8 Å². The molecule has 4 rings (SSSR count). The van der Waals surface area contributed by atoms with E-state index >= 15 is 0 Å². The van der Waals surface area contributed by atoms with E-state index in [2.05, 4.69) is 20.3 Å². The van der Waals surface area contributed by atoms with Crippen molar-refractivity contribution in [2.24, 2.45) is 0 Å². The smallest absolute Gasteiger partial charge is 0.269 e. The van der Waals surface area contributed by atoms with Gasteiger partial charge in [-0.1, -0.05) is 23.9 Å². The summed E-state index contributed by atoms with van der Waals surface area (Å²) in [4.78, 5) is 25.4. The molecule has 0 spiro atoms. The Hall–Kier alpha value is -2.46. The summed E-state index contributed by atoms with van der Waals surface area (Å²) in [5.41, 5.74) is 0.697. The Morgan fingerprint density at radius 2 is 1.96 bits per heavy atom. The molecule has 0 unspecified atom stereocenters. The Labute approximate surface area is 161 Å². The van der Waals surface area contributed by atoms with Gasteiger partial charge in [-0.05, 0) is 31.2 Å². The van der Waals surface area contributed by atoms with Gasteiger partial charge in [0.05, 0.1) is 5.69 Å². The van der Waals surface area contributed by atoms with Crippen LogP contribution in [0.3, 0.4) is 0 Å². The number of aromatic nitrogens is 3. The summed E-state index contributed by atoms with van der Waals surface area (Å²) in [5.74, 6) is 0.687. The summed E-state index contributed by atoms with van der Waals surface area (Å²) < 4.78 is 26.6. The standard InChI is InChI=1S/C17H17N5O3S2/c1-22-12-6-4-3-5-11(12)14(23)13(27(22,24)25)9-18-16-19-15(10-7-8-10)20-17(21-16)26-2/h3-6,9-10H,7-8H2,1-2H3,(H,18,19,20,21). The lowest BCUT2D eigenvalue weighted by Crippen LogP contribution is -2.36. The number of allylic oxidation sites excluding steroid dienone is 1. The van der Waals surface area contributed by atoms with E-state index in [1.54, 1.807) is 24.3 Å². The van der Waals surface area contributed by atoms with E-state index in [9.17, 15) is 13.2 Å². The number of fused-ring (bicyclic) bond motifs is 1. The maximum absolute atomic E-state index is 12.8. The van der Waals surface area contributed by atoms with Crippen molar-refractivity contribution in [3.05, 3.63) is 46.8 Å². The fraction of sp³-hybridized carbons (Fsp3) is 0.294. The monoisotopic (exact) mass is 403 g/mol. The highest BCUT2D eigenvalue weighted by Gasteiger charge is 2.38. The number of nitrogens with one attached hydrogen (secondary N) is 1. The minimum Gasteiger partial charge on any atom is -0.329 e. The molecule has 1 aliphatic heterocycles. The van der Waals surface area contributed by atoms with Crippen LogP contribution in [0.2, 0.25) is 0 Å². The van der Waals surface area contributed by atoms with E-state index in [-0.39, 0.29) is 10.9 Å². The number of para-hydroxylation sites is 1. The number of anilines is 2. The summed E-state index contributed by atoms with van der Waals surface area (Å²) in [6.07, 6.45) is 5.09. The molecular weight excluding hydrogens is 386 g/mol. The second-order valence-corrected chi connectivity index (χ2v) is 8.96. The lowest BCUT2D eigenvalue weighted by atomic mass is 10.1. The van der Waals surface area contributed by atoms with Crippen LogP contribution in [-0.2, 0) is 10.0 Å². The lowest BCUT2D eigenvalue weighted by Gasteiger charge is -2.27. The number of nitrogens with zero attached hydrogens (tertiary/aromatic N) is 4. The fourth-order valence-corrected chi connectivity index (χ4v) is 4.42. The van der Waals surface area contributed by atoms with Gasteiger partial charge in [-0.2, -0.15) is 9.97 Å². The minimum absolute atomic E-state index is 0.230. The molecule has 2 heterocycles. The summed E-state index contributed by atoms with van der Waals surface area (Å²) >= 11 is 1.38. The Bertz CT molecular complexity index is 1060. The van der Waals surface area contributed by atoms with Crippen molar-refractivity contribution >= 4 is 39.2 Å². The van der Waals surface area contributed by atoms with Crippen LogP contribution in [0.4, 0.5) is 11.6 Å². The fourth-order valence-electron chi connectivity index (χ4n) is 2.79. The van der Waals surface area contributed by atoms with Gasteiger partial charge >= 0.3 is 0 Å². The van der Waals surface area contributed by atoms with Crippen molar-refractivity contribution in [2.45, 2.75) is 23.9 Å². The van der Waals surface area contributed by atoms with Crippen molar-refractivity contribution in [1.29, 1.82) is 0 Å². The van der Waals surface area contributed by atoms with Crippen molar-refractivity contribution < 1.29 is 13.2 Å². The molecule has 1 aliphatic carbocycles. The van der Waals surface area contributed by atoms with Gasteiger partial charge in [0.2, 0.25) is 11.7 Å². The predicted octanol–water partition coefficient (Wildman–Crippen LogP) is 2.39. The van der Waals surface area contributed by atoms with Gasteiger partial charge in [-0.25, -0.2) is 13.4 Å². The first-order valence-corrected chi connectivity index (χ1v) is 11.0. The molecule has 27 heavy (non-hydrogen) atoms. The average molecular weight is 403 g/mol. The number of carbonyl (C=O) groups is 1. The summed E-state index contributed by atoms with van der Waals surface area (Å²) in [5, 5.41) is 3.33. The zero-order valence-corrected chi connectivity index (χ0v) is 16.3. The maximum atomic E-state index is 12.8. The topological polar surface area (TPSA) is 105 Å². The Balaban J connectivity index is 1.72. The first-order valence-electron chi connectivity index (χ1n) is 8.31. The van der Waals surface area contributed by atoms with Crippen LogP contribution in [0.15, 0.2) is 40.5 Å². The zero-order valence-electron chi connectivity index (χ0n) is 14.7. The van der Waals surface area contributed by atoms with E-state index in [1.165, 1.54) is 25.0 Å². The van der Waals surface area contributed by atoms with E-state index in [4.69, 9.17) is 0 Å². The Morgan fingerprint density at radius 1 is 1.22 bits per heavy atom. The number of carbonyl (C=O) groups excluding carboxylic acids is 1. The molecule has 1 saturated carbocycles. The highest BCUT2D eigenvalue weighted by molar-refractivity contribution is 7.98. The van der Waals surface area contributed by atoms with Crippen LogP contribution < -0.4 is 9.62 Å². The van der Waals surface area contributed by atoms with Crippen molar-refractivity contribution in [3.63, 3.8) is 0 Å². The average Bonchev–Trinajstić information content (AvgIpc) is 3.51. The third-order valence-corrected chi connectivity index (χ3v) is 6.76. The van der Waals surface area contributed by atoms with Gasteiger partial charge in [0.1, 0.15) is 5.82 Å². The van der Waals surface area contributed by atoms with Crippen molar-refractivity contribution in [1.82, 2.24) is 15.0 Å². The highest BCUT2D eigenvalue weighted by Crippen LogP contribution is 2.38. The Kier molecular flexibility index (Phi) is 4.39. The molecule has 1 aromatic heterocycles. The van der Waals surface area contributed by atoms with E-state index < -0.39 is 15.8 Å². The van der Waals surface area contributed by atoms with Crippen molar-refractivity contribution in [3.8, 4) is 0 Å². The largest absolute Gasteiger partial charge is 0.329 e. The SMILES string of the molecule is CSc1nc(NC=C2C(=O)c3ccccc3N(C)S2(=O)=O)nc(C2CC2)n1. The molecule has 0 amide bonds. The van der Waals surface area contributed by atoms with Gasteiger partial charge in [0.25, 0.3) is 10.0 Å². The molecule has 2 aromatic rings. The molecule has 10 heteroatoms. The first kappa shape index (κ1) is 17.9. The molecule has 140 valence electrons. The second kappa shape index (κ2) is 6.61. The number of thioether (sulfide) groups is 1. The number of hydrogen-bond donors (Lipinski definition) is 1. The summed E-state index contributed by atoms with van der Waals surface area (Å²) in [7, 11) is -2.53. The van der Waals surface area contributed by atoms with Gasteiger partial charge in [0, 0.05) is 24.7 Å². The quantitative estimate of drug-likeness (QED) is 0.613. The molecule has 0 radical (unpaired) electrons. The molecule has 1 aromatic carbocycles. The number of sulfonamides is 1. The highest BCUT2D eigenvalue weighted by atomic mass is 32.2. The molecule has 8 nitrogen and oxygen atoms in total. The van der Waals surface area contributed by atoms with Crippen molar-refractivity contribution in [2.75, 3.05) is 22.9 Å². The molecule has 1 N–H and O–H groups in total.